The molecule has 0 radical (unpaired) electrons. The molecule has 2 rings (SSSR count). The predicted molar refractivity (Wildman–Crippen MR) is 45.8 cm³/mol. The molecule has 0 unspecified atom stereocenters. The molecule has 58 valence electrons. The lowest BCUT2D eigenvalue weighted by Crippen LogP contribution is -2.08. The number of H-pyrrole nitrogens is 1. The summed E-state index contributed by atoms with van der Waals surface area (Å²) in [5.41, 5.74) is 1.97. The van der Waals surface area contributed by atoms with Crippen LogP contribution in [-0.2, 0) is 6.42 Å². The monoisotopic (exact) mass is 213 g/mol. The van der Waals surface area contributed by atoms with Crippen molar-refractivity contribution in [2.24, 2.45) is 0 Å². The van der Waals surface area contributed by atoms with Crippen molar-refractivity contribution in [2.45, 2.75) is 19.3 Å². The molecule has 2 nitrogen and oxygen atoms in total. The molecule has 1 heterocycles. The summed E-state index contributed by atoms with van der Waals surface area (Å²) in [6, 6.07) is 1.87. The molecule has 0 spiro atoms. The number of hydrogen-bond donors (Lipinski definition) is 1. The van der Waals surface area contributed by atoms with Crippen LogP contribution in [0.3, 0.4) is 0 Å². The number of halogens is 1. The second-order valence-electron chi connectivity index (χ2n) is 2.79. The average molecular weight is 214 g/mol. The van der Waals surface area contributed by atoms with Crippen molar-refractivity contribution in [3.8, 4) is 0 Å². The number of rotatable bonds is 0. The lowest BCUT2D eigenvalue weighted by atomic mass is 9.97. The minimum absolute atomic E-state index is 0.271. The maximum atomic E-state index is 11.3. The molecule has 1 aliphatic carbocycles. The van der Waals surface area contributed by atoms with Gasteiger partial charge < -0.3 is 4.98 Å². The van der Waals surface area contributed by atoms with Crippen LogP contribution in [0.4, 0.5) is 0 Å². The average Bonchev–Trinajstić information content (AvgIpc) is 2.31. The fourth-order valence-electron chi connectivity index (χ4n) is 1.47. The number of hydrogen-bond acceptors (Lipinski definition) is 1. The third kappa shape index (κ3) is 1.13. The summed E-state index contributed by atoms with van der Waals surface area (Å²) in [5.74, 6) is 0.271. The van der Waals surface area contributed by atoms with Crippen LogP contribution in [0.15, 0.2) is 10.7 Å². The Morgan fingerprint density at radius 3 is 3.00 bits per heavy atom. The van der Waals surface area contributed by atoms with E-state index in [0.29, 0.717) is 6.42 Å². The summed E-state index contributed by atoms with van der Waals surface area (Å²) < 4.78 is 0.915. The maximum absolute atomic E-state index is 11.3. The van der Waals surface area contributed by atoms with Gasteiger partial charge in [0.15, 0.2) is 5.78 Å². The number of aromatic amines is 1. The first kappa shape index (κ1) is 7.10. The Kier molecular flexibility index (Phi) is 1.60. The number of nitrogens with one attached hydrogen (secondary N) is 1. The van der Waals surface area contributed by atoms with E-state index in [1.54, 1.807) is 0 Å². The number of aryl methyl sites for hydroxylation is 1. The maximum Gasteiger partial charge on any atom is 0.164 e. The molecule has 1 aromatic heterocycles. The molecule has 1 N–H and O–H groups in total. The van der Waals surface area contributed by atoms with Gasteiger partial charge in [0, 0.05) is 17.7 Å². The number of fused-ring (bicyclic) bond motifs is 1. The van der Waals surface area contributed by atoms with E-state index in [1.807, 2.05) is 6.07 Å². The summed E-state index contributed by atoms with van der Waals surface area (Å²) in [6.07, 6.45) is 2.70. The van der Waals surface area contributed by atoms with Crippen molar-refractivity contribution in [1.82, 2.24) is 4.98 Å². The number of Topliss-reactive ketones (excluding diaryl/α,β-unsaturated/α-hetero) is 1. The highest BCUT2D eigenvalue weighted by molar-refractivity contribution is 9.10. The van der Waals surface area contributed by atoms with E-state index in [2.05, 4.69) is 20.9 Å². The Hall–Kier alpha value is -0.570. The van der Waals surface area contributed by atoms with E-state index in [9.17, 15) is 4.79 Å². The van der Waals surface area contributed by atoms with E-state index in [0.717, 1.165) is 28.7 Å². The van der Waals surface area contributed by atoms with Gasteiger partial charge in [-0.1, -0.05) is 0 Å². The highest BCUT2D eigenvalue weighted by Crippen LogP contribution is 2.23. The number of aromatic nitrogens is 1. The summed E-state index contributed by atoms with van der Waals surface area (Å²) >= 11 is 3.31. The summed E-state index contributed by atoms with van der Waals surface area (Å²) in [5, 5.41) is 0. The summed E-state index contributed by atoms with van der Waals surface area (Å²) in [6.45, 7) is 0. The molecular weight excluding hydrogens is 206 g/mol. The molecule has 0 saturated carbocycles. The first-order valence-electron chi connectivity index (χ1n) is 3.68. The van der Waals surface area contributed by atoms with Crippen LogP contribution >= 0.6 is 15.9 Å². The van der Waals surface area contributed by atoms with Crippen molar-refractivity contribution in [2.75, 3.05) is 0 Å². The van der Waals surface area contributed by atoms with E-state index < -0.39 is 0 Å². The molecule has 0 atom stereocenters. The van der Waals surface area contributed by atoms with Crippen LogP contribution < -0.4 is 0 Å². The molecule has 0 fully saturated rings. The summed E-state index contributed by atoms with van der Waals surface area (Å²) in [4.78, 5) is 14.4. The van der Waals surface area contributed by atoms with Crippen LogP contribution in [0, 0.1) is 0 Å². The minimum Gasteiger partial charge on any atom is -0.353 e. The Morgan fingerprint density at radius 1 is 1.45 bits per heavy atom. The van der Waals surface area contributed by atoms with Crippen molar-refractivity contribution >= 4 is 21.7 Å². The van der Waals surface area contributed by atoms with Gasteiger partial charge in [-0.25, -0.2) is 0 Å². The number of carbonyl (C=O) groups excluding carboxylic acids is 1. The molecule has 0 bridgehead atoms. The van der Waals surface area contributed by atoms with Gasteiger partial charge in [-0.15, -0.1) is 0 Å². The lowest BCUT2D eigenvalue weighted by Gasteiger charge is -2.08. The van der Waals surface area contributed by atoms with Crippen LogP contribution in [0.25, 0.3) is 0 Å². The Morgan fingerprint density at radius 2 is 2.27 bits per heavy atom. The fraction of sp³-hybridized carbons (Fsp3) is 0.375. The molecular formula is C8H8BrNO. The van der Waals surface area contributed by atoms with Gasteiger partial charge in [0.25, 0.3) is 0 Å². The van der Waals surface area contributed by atoms with E-state index in [1.165, 1.54) is 0 Å². The van der Waals surface area contributed by atoms with E-state index in [-0.39, 0.29) is 5.78 Å². The van der Waals surface area contributed by atoms with Crippen LogP contribution in [-0.4, -0.2) is 10.8 Å². The first-order valence-corrected chi connectivity index (χ1v) is 4.47. The molecule has 0 aromatic carbocycles. The highest BCUT2D eigenvalue weighted by Gasteiger charge is 2.18. The van der Waals surface area contributed by atoms with Crippen molar-refractivity contribution in [1.29, 1.82) is 0 Å². The van der Waals surface area contributed by atoms with Gasteiger partial charge in [0.05, 0.1) is 4.60 Å². The molecule has 1 aliphatic rings. The number of carbonyl (C=O) groups is 1. The Balaban J connectivity index is 2.52. The van der Waals surface area contributed by atoms with Gasteiger partial charge in [-0.2, -0.15) is 0 Å². The first-order chi connectivity index (χ1) is 5.27. The van der Waals surface area contributed by atoms with Gasteiger partial charge >= 0.3 is 0 Å². The standard InChI is InChI=1S/C8H8BrNO/c9-8-4-5-6(10-8)2-1-3-7(5)11/h4,10H,1-3H2. The van der Waals surface area contributed by atoms with E-state index in [4.69, 9.17) is 0 Å². The van der Waals surface area contributed by atoms with Crippen molar-refractivity contribution in [3.63, 3.8) is 0 Å². The normalized spacial score (nSPS) is 16.6. The van der Waals surface area contributed by atoms with Crippen LogP contribution in [0.2, 0.25) is 0 Å². The zero-order chi connectivity index (χ0) is 7.84. The smallest absolute Gasteiger partial charge is 0.164 e. The highest BCUT2D eigenvalue weighted by atomic mass is 79.9. The summed E-state index contributed by atoms with van der Waals surface area (Å²) in [7, 11) is 0. The Bertz CT molecular complexity index is 303. The van der Waals surface area contributed by atoms with Crippen molar-refractivity contribution < 1.29 is 4.79 Å². The lowest BCUT2D eigenvalue weighted by molar-refractivity contribution is 0.0972. The quantitative estimate of drug-likeness (QED) is 0.706. The van der Waals surface area contributed by atoms with E-state index >= 15 is 0 Å². The second kappa shape index (κ2) is 2.48. The molecule has 0 aliphatic heterocycles. The van der Waals surface area contributed by atoms with Gasteiger partial charge in [-0.3, -0.25) is 4.79 Å². The molecule has 0 amide bonds. The molecule has 0 saturated heterocycles. The predicted octanol–water partition coefficient (Wildman–Crippen LogP) is 2.30. The second-order valence-corrected chi connectivity index (χ2v) is 3.64. The topological polar surface area (TPSA) is 32.9 Å². The third-order valence-corrected chi connectivity index (χ3v) is 2.42. The zero-order valence-corrected chi connectivity index (χ0v) is 7.57. The van der Waals surface area contributed by atoms with Gasteiger partial charge in [-0.05, 0) is 34.8 Å². The van der Waals surface area contributed by atoms with Gasteiger partial charge in [0.1, 0.15) is 0 Å². The zero-order valence-electron chi connectivity index (χ0n) is 5.98. The SMILES string of the molecule is O=C1CCCc2[nH]c(Br)cc21. The van der Waals surface area contributed by atoms with Crippen molar-refractivity contribution in [3.05, 3.63) is 21.9 Å². The Labute approximate surface area is 73.1 Å². The molecule has 1 aromatic rings. The molecule has 11 heavy (non-hydrogen) atoms. The minimum atomic E-state index is 0.271. The van der Waals surface area contributed by atoms with Crippen LogP contribution in [0.1, 0.15) is 28.9 Å². The largest absolute Gasteiger partial charge is 0.353 e. The number of ketones is 1. The van der Waals surface area contributed by atoms with Gasteiger partial charge in [0.2, 0.25) is 0 Å². The fourth-order valence-corrected chi connectivity index (χ4v) is 1.94. The van der Waals surface area contributed by atoms with Crippen LogP contribution in [0.5, 0.6) is 0 Å². The third-order valence-electron chi connectivity index (χ3n) is 2.00. The molecule has 3 heteroatoms.